The van der Waals surface area contributed by atoms with Crippen LogP contribution < -0.4 is 14.9 Å². The molecule has 0 heterocycles. The second-order valence-corrected chi connectivity index (χ2v) is 5.93. The van der Waals surface area contributed by atoms with Gasteiger partial charge in [0.15, 0.2) is 11.5 Å². The van der Waals surface area contributed by atoms with Crippen LogP contribution in [0.1, 0.15) is 11.1 Å². The lowest BCUT2D eigenvalue weighted by Gasteiger charge is -2.12. The fourth-order valence-corrected chi connectivity index (χ4v) is 2.54. The average Bonchev–Trinajstić information content (AvgIpc) is 2.68. The Morgan fingerprint density at radius 1 is 0.962 bits per heavy atom. The maximum atomic E-state index is 6.18. The molecule has 0 spiro atoms. The first kappa shape index (κ1) is 17.8. The third kappa shape index (κ3) is 4.77. The second-order valence-electron chi connectivity index (χ2n) is 5.53. The van der Waals surface area contributed by atoms with Gasteiger partial charge in [0.05, 0.1) is 19.0 Å². The molecular weight excluding hydrogens is 348 g/mol. The summed E-state index contributed by atoms with van der Waals surface area (Å²) in [6.45, 7) is 0.360. The number of benzene rings is 3. The molecule has 0 aromatic heterocycles. The highest BCUT2D eigenvalue weighted by Gasteiger charge is 2.07. The van der Waals surface area contributed by atoms with Crippen LogP contribution in [0.25, 0.3) is 0 Å². The molecule has 0 saturated carbocycles. The number of ether oxygens (including phenoxy) is 2. The monoisotopic (exact) mass is 366 g/mol. The van der Waals surface area contributed by atoms with E-state index in [0.717, 1.165) is 16.8 Å². The average molecular weight is 367 g/mol. The van der Waals surface area contributed by atoms with Gasteiger partial charge in [-0.1, -0.05) is 48.0 Å². The zero-order chi connectivity index (χ0) is 18.2. The molecule has 0 aliphatic carbocycles. The lowest BCUT2D eigenvalue weighted by atomic mass is 10.2. The number of para-hydroxylation sites is 1. The summed E-state index contributed by atoms with van der Waals surface area (Å²) in [6.07, 6.45) is 1.73. The zero-order valence-corrected chi connectivity index (χ0v) is 15.1. The Kier molecular flexibility index (Phi) is 6.12. The van der Waals surface area contributed by atoms with Gasteiger partial charge in [0.2, 0.25) is 0 Å². The van der Waals surface area contributed by atoms with Crippen LogP contribution in [0.4, 0.5) is 5.69 Å². The van der Waals surface area contributed by atoms with Crippen molar-refractivity contribution >= 4 is 23.5 Å². The molecule has 1 N–H and O–H groups in total. The highest BCUT2D eigenvalue weighted by atomic mass is 35.5. The number of methoxy groups -OCH3 is 1. The lowest BCUT2D eigenvalue weighted by molar-refractivity contribution is 0.284. The fourth-order valence-electron chi connectivity index (χ4n) is 2.35. The minimum absolute atomic E-state index is 0.360. The van der Waals surface area contributed by atoms with Gasteiger partial charge in [-0.2, -0.15) is 5.10 Å². The summed E-state index contributed by atoms with van der Waals surface area (Å²) in [5.41, 5.74) is 5.72. The van der Waals surface area contributed by atoms with E-state index in [2.05, 4.69) is 10.5 Å². The van der Waals surface area contributed by atoms with Crippen LogP contribution >= 0.6 is 11.6 Å². The van der Waals surface area contributed by atoms with Crippen LogP contribution in [0.5, 0.6) is 11.5 Å². The van der Waals surface area contributed by atoms with Crippen LogP contribution in [0.15, 0.2) is 77.9 Å². The van der Waals surface area contributed by atoms with E-state index in [9.17, 15) is 0 Å². The number of nitrogens with zero attached hydrogens (tertiary/aromatic N) is 1. The fraction of sp³-hybridized carbons (Fsp3) is 0.0952. The minimum Gasteiger partial charge on any atom is -0.493 e. The van der Waals surface area contributed by atoms with Crippen LogP contribution in [0, 0.1) is 0 Å². The Hall–Kier alpha value is -2.98. The predicted molar refractivity (Wildman–Crippen MR) is 106 cm³/mol. The van der Waals surface area contributed by atoms with Crippen molar-refractivity contribution in [3.63, 3.8) is 0 Å². The highest BCUT2D eigenvalue weighted by molar-refractivity contribution is 6.31. The van der Waals surface area contributed by atoms with E-state index in [1.807, 2.05) is 72.8 Å². The van der Waals surface area contributed by atoms with Crippen molar-refractivity contribution in [3.05, 3.63) is 88.9 Å². The van der Waals surface area contributed by atoms with Crippen molar-refractivity contribution in [2.45, 2.75) is 6.61 Å². The van der Waals surface area contributed by atoms with Crippen molar-refractivity contribution in [3.8, 4) is 11.5 Å². The van der Waals surface area contributed by atoms with Crippen molar-refractivity contribution in [1.29, 1.82) is 0 Å². The van der Waals surface area contributed by atoms with Gasteiger partial charge < -0.3 is 9.47 Å². The summed E-state index contributed by atoms with van der Waals surface area (Å²) >= 11 is 6.18. The largest absolute Gasteiger partial charge is 0.493 e. The first-order valence-corrected chi connectivity index (χ1v) is 8.52. The molecule has 0 bridgehead atoms. The Morgan fingerprint density at radius 3 is 2.50 bits per heavy atom. The van der Waals surface area contributed by atoms with Crippen LogP contribution in [-0.4, -0.2) is 13.3 Å². The summed E-state index contributed by atoms with van der Waals surface area (Å²) in [7, 11) is 1.61. The summed E-state index contributed by atoms with van der Waals surface area (Å²) in [5, 5.41) is 4.93. The molecule has 3 aromatic carbocycles. The van der Waals surface area contributed by atoms with E-state index in [1.165, 1.54) is 0 Å². The molecule has 0 unspecified atom stereocenters. The maximum Gasteiger partial charge on any atom is 0.162 e. The van der Waals surface area contributed by atoms with E-state index in [-0.39, 0.29) is 0 Å². The minimum atomic E-state index is 0.360. The third-order valence-corrected chi connectivity index (χ3v) is 4.08. The smallest absolute Gasteiger partial charge is 0.162 e. The van der Waals surface area contributed by atoms with Gasteiger partial charge in [-0.05, 0) is 42.0 Å². The molecule has 0 radical (unpaired) electrons. The number of hydrazone groups is 1. The van der Waals surface area contributed by atoms with Gasteiger partial charge in [-0.15, -0.1) is 0 Å². The van der Waals surface area contributed by atoms with E-state index in [1.54, 1.807) is 13.3 Å². The van der Waals surface area contributed by atoms with Gasteiger partial charge in [0.1, 0.15) is 6.61 Å². The van der Waals surface area contributed by atoms with E-state index in [4.69, 9.17) is 21.1 Å². The summed E-state index contributed by atoms with van der Waals surface area (Å²) in [5.74, 6) is 1.29. The number of halogens is 1. The second kappa shape index (κ2) is 8.92. The molecule has 0 aliphatic heterocycles. The third-order valence-electron chi connectivity index (χ3n) is 3.71. The quantitative estimate of drug-likeness (QED) is 0.451. The number of nitrogens with one attached hydrogen (secondary N) is 1. The molecule has 3 aromatic rings. The van der Waals surface area contributed by atoms with Crippen LogP contribution in [-0.2, 0) is 6.61 Å². The van der Waals surface area contributed by atoms with Crippen molar-refractivity contribution in [2.75, 3.05) is 12.5 Å². The van der Waals surface area contributed by atoms with Gasteiger partial charge in [0.25, 0.3) is 0 Å². The molecule has 5 heteroatoms. The van der Waals surface area contributed by atoms with Crippen LogP contribution in [0.2, 0.25) is 5.02 Å². The summed E-state index contributed by atoms with van der Waals surface area (Å²) in [4.78, 5) is 0. The molecule has 3 rings (SSSR count). The molecule has 0 saturated heterocycles. The summed E-state index contributed by atoms with van der Waals surface area (Å²) < 4.78 is 11.3. The topological polar surface area (TPSA) is 42.8 Å². The number of anilines is 1. The molecule has 4 nitrogen and oxygen atoms in total. The Bertz CT molecular complexity index is 882. The molecule has 0 aliphatic rings. The molecular formula is C21H19ClN2O2. The molecule has 132 valence electrons. The molecule has 0 fully saturated rings. The summed E-state index contributed by atoms with van der Waals surface area (Å²) in [6, 6.07) is 23.0. The Labute approximate surface area is 158 Å². The van der Waals surface area contributed by atoms with Crippen molar-refractivity contribution < 1.29 is 9.47 Å². The Balaban J connectivity index is 1.70. The Morgan fingerprint density at radius 2 is 1.73 bits per heavy atom. The van der Waals surface area contributed by atoms with E-state index in [0.29, 0.717) is 23.1 Å². The highest BCUT2D eigenvalue weighted by Crippen LogP contribution is 2.29. The normalized spacial score (nSPS) is 10.7. The molecule has 26 heavy (non-hydrogen) atoms. The van der Waals surface area contributed by atoms with Crippen molar-refractivity contribution in [2.24, 2.45) is 5.10 Å². The SMILES string of the molecule is COc1ccc(C=NNc2ccccc2)cc1OCc1ccccc1Cl. The van der Waals surface area contributed by atoms with Crippen LogP contribution in [0.3, 0.4) is 0 Å². The number of hydrogen-bond acceptors (Lipinski definition) is 4. The first-order valence-electron chi connectivity index (χ1n) is 8.14. The molecule has 0 amide bonds. The molecule has 0 atom stereocenters. The maximum absolute atomic E-state index is 6.18. The number of hydrogen-bond donors (Lipinski definition) is 1. The lowest BCUT2D eigenvalue weighted by Crippen LogP contribution is -1.99. The van der Waals surface area contributed by atoms with Crippen molar-refractivity contribution in [1.82, 2.24) is 0 Å². The number of rotatable bonds is 7. The zero-order valence-electron chi connectivity index (χ0n) is 14.4. The first-order chi connectivity index (χ1) is 12.8. The van der Waals surface area contributed by atoms with E-state index < -0.39 is 0 Å². The standard InChI is InChI=1S/C21H19ClN2O2/c1-25-20-12-11-16(14-23-24-18-8-3-2-4-9-18)13-21(20)26-15-17-7-5-6-10-19(17)22/h2-14,24H,15H2,1H3. The van der Waals surface area contributed by atoms with Gasteiger partial charge in [0, 0.05) is 10.6 Å². The van der Waals surface area contributed by atoms with Gasteiger partial charge in [-0.25, -0.2) is 0 Å². The van der Waals surface area contributed by atoms with Gasteiger partial charge >= 0.3 is 0 Å². The van der Waals surface area contributed by atoms with Gasteiger partial charge in [-0.3, -0.25) is 5.43 Å². The van der Waals surface area contributed by atoms with E-state index >= 15 is 0 Å². The predicted octanol–water partition coefficient (Wildman–Crippen LogP) is 5.37.